The summed E-state index contributed by atoms with van der Waals surface area (Å²) in [5.41, 5.74) is 0. The van der Waals surface area contributed by atoms with Crippen LogP contribution in [-0.4, -0.2) is 20.0 Å². The first-order valence-corrected chi connectivity index (χ1v) is 5.03. The monoisotopic (exact) mass is 183 g/mol. The maximum absolute atomic E-state index is 11.5. The molecule has 0 heterocycles. The van der Waals surface area contributed by atoms with Gasteiger partial charge >= 0.3 is 6.18 Å². The minimum absolute atomic E-state index is 0.139. The molecule has 5 heteroatoms. The van der Waals surface area contributed by atoms with E-state index in [9.17, 15) is 13.2 Å². The molecule has 0 saturated heterocycles. The van der Waals surface area contributed by atoms with Crippen LogP contribution >= 0.6 is 0 Å². The lowest BCUT2D eigenvalue weighted by Crippen LogP contribution is -2.16. The molecule has 0 aromatic carbocycles. The van der Waals surface area contributed by atoms with Crippen LogP contribution in [0.1, 0.15) is 6.42 Å². The van der Waals surface area contributed by atoms with E-state index in [0.29, 0.717) is 6.04 Å². The largest absolute Gasteiger partial charge is 0.431 e. The van der Waals surface area contributed by atoms with Crippen molar-refractivity contribution in [2.45, 2.75) is 24.7 Å². The van der Waals surface area contributed by atoms with Crippen LogP contribution < -0.4 is 0 Å². The number of hydrogen-bond acceptors (Lipinski definition) is 1. The lowest BCUT2D eigenvalue weighted by atomic mass is 10.5. The van der Waals surface area contributed by atoms with Crippen molar-refractivity contribution in [1.29, 1.82) is 0 Å². The third-order valence-electron chi connectivity index (χ3n) is 1.08. The summed E-state index contributed by atoms with van der Waals surface area (Å²) in [6, 6.07) is 0.181. The standard InChI is InChI=1S/C6H10F3OSi/c1-2-4-11(10)5-3-6(7,8)9/h2,10H,1,3-5H2. The van der Waals surface area contributed by atoms with Gasteiger partial charge in [-0.25, -0.2) is 0 Å². The molecule has 0 aliphatic rings. The summed E-state index contributed by atoms with van der Waals surface area (Å²) >= 11 is 0. The smallest absolute Gasteiger partial charge is 0.388 e. The minimum atomic E-state index is -4.14. The highest BCUT2D eigenvalue weighted by atomic mass is 28.3. The van der Waals surface area contributed by atoms with Crippen molar-refractivity contribution < 1.29 is 18.0 Å². The fourth-order valence-electron chi connectivity index (χ4n) is 0.555. The highest BCUT2D eigenvalue weighted by Gasteiger charge is 2.28. The van der Waals surface area contributed by atoms with Gasteiger partial charge in [-0.2, -0.15) is 13.2 Å². The van der Waals surface area contributed by atoms with E-state index in [-0.39, 0.29) is 6.04 Å². The topological polar surface area (TPSA) is 20.2 Å². The van der Waals surface area contributed by atoms with Gasteiger partial charge in [-0.3, -0.25) is 0 Å². The third kappa shape index (κ3) is 7.61. The molecule has 0 aliphatic heterocycles. The van der Waals surface area contributed by atoms with E-state index in [0.717, 1.165) is 0 Å². The molecule has 1 nitrogen and oxygen atoms in total. The lowest BCUT2D eigenvalue weighted by molar-refractivity contribution is -0.130. The van der Waals surface area contributed by atoms with E-state index in [1.165, 1.54) is 6.08 Å². The molecule has 0 aromatic rings. The van der Waals surface area contributed by atoms with Gasteiger partial charge in [0.2, 0.25) is 9.04 Å². The van der Waals surface area contributed by atoms with Crippen molar-refractivity contribution in [2.24, 2.45) is 0 Å². The molecular formula is C6H10F3OSi. The molecular weight excluding hydrogens is 173 g/mol. The molecule has 1 N–H and O–H groups in total. The van der Waals surface area contributed by atoms with Gasteiger partial charge in [0.15, 0.2) is 0 Å². The molecule has 0 fully saturated rings. The van der Waals surface area contributed by atoms with Crippen LogP contribution in [0.5, 0.6) is 0 Å². The Labute approximate surface area is 65.3 Å². The summed E-state index contributed by atoms with van der Waals surface area (Å²) in [5, 5.41) is 0. The van der Waals surface area contributed by atoms with Gasteiger partial charge in [0.1, 0.15) is 0 Å². The van der Waals surface area contributed by atoms with Crippen molar-refractivity contribution in [3.8, 4) is 0 Å². The number of halogens is 3. The zero-order valence-corrected chi connectivity index (χ0v) is 6.99. The molecule has 0 bridgehead atoms. The summed E-state index contributed by atoms with van der Waals surface area (Å²) in [6.45, 7) is 3.33. The van der Waals surface area contributed by atoms with E-state index >= 15 is 0 Å². The van der Waals surface area contributed by atoms with E-state index in [1.807, 2.05) is 0 Å². The van der Waals surface area contributed by atoms with Gasteiger partial charge < -0.3 is 4.80 Å². The van der Waals surface area contributed by atoms with Crippen molar-refractivity contribution in [3.05, 3.63) is 12.7 Å². The normalized spacial score (nSPS) is 12.1. The average molecular weight is 183 g/mol. The maximum Gasteiger partial charge on any atom is 0.388 e. The van der Waals surface area contributed by atoms with Crippen LogP contribution in [0.15, 0.2) is 12.7 Å². The van der Waals surface area contributed by atoms with Crippen molar-refractivity contribution >= 4 is 9.04 Å². The first-order chi connectivity index (χ1) is 4.95. The van der Waals surface area contributed by atoms with Crippen molar-refractivity contribution in [2.75, 3.05) is 0 Å². The number of hydrogen-bond donors (Lipinski definition) is 1. The average Bonchev–Trinajstić information content (AvgIpc) is 1.83. The summed E-state index contributed by atoms with van der Waals surface area (Å²) in [7, 11) is -1.81. The van der Waals surface area contributed by atoms with Crippen LogP contribution in [0.3, 0.4) is 0 Å². The van der Waals surface area contributed by atoms with Gasteiger partial charge in [0.25, 0.3) is 0 Å². The summed E-state index contributed by atoms with van der Waals surface area (Å²) in [6.07, 6.45) is -3.57. The van der Waals surface area contributed by atoms with E-state index in [1.54, 1.807) is 0 Å². The number of rotatable bonds is 4. The second-order valence-electron chi connectivity index (χ2n) is 2.17. The SMILES string of the molecule is C=CC[Si](O)CCC(F)(F)F. The molecule has 0 saturated carbocycles. The minimum Gasteiger partial charge on any atom is -0.431 e. The van der Waals surface area contributed by atoms with E-state index < -0.39 is 21.6 Å². The Morgan fingerprint density at radius 1 is 1.45 bits per heavy atom. The zero-order chi connectivity index (χ0) is 8.91. The van der Waals surface area contributed by atoms with Crippen molar-refractivity contribution in [3.63, 3.8) is 0 Å². The van der Waals surface area contributed by atoms with Gasteiger partial charge in [0.05, 0.1) is 0 Å². The summed E-state index contributed by atoms with van der Waals surface area (Å²) < 4.78 is 34.6. The second-order valence-corrected chi connectivity index (χ2v) is 4.21. The predicted molar refractivity (Wildman–Crippen MR) is 38.5 cm³/mol. The van der Waals surface area contributed by atoms with Crippen LogP contribution in [0, 0.1) is 0 Å². The van der Waals surface area contributed by atoms with Gasteiger partial charge in [-0.1, -0.05) is 6.08 Å². The molecule has 0 atom stereocenters. The fourth-order valence-corrected chi connectivity index (χ4v) is 1.66. The predicted octanol–water partition coefficient (Wildman–Crippen LogP) is 2.11. The van der Waals surface area contributed by atoms with Crippen LogP contribution in [-0.2, 0) is 0 Å². The van der Waals surface area contributed by atoms with Crippen LogP contribution in [0.4, 0.5) is 13.2 Å². The Morgan fingerprint density at radius 3 is 2.36 bits per heavy atom. The number of alkyl halides is 3. The first-order valence-electron chi connectivity index (χ1n) is 3.17. The second kappa shape index (κ2) is 4.56. The molecule has 0 aliphatic carbocycles. The summed E-state index contributed by atoms with van der Waals surface area (Å²) in [4.78, 5) is 8.94. The van der Waals surface area contributed by atoms with E-state index in [4.69, 9.17) is 4.80 Å². The Kier molecular flexibility index (Phi) is 4.44. The van der Waals surface area contributed by atoms with E-state index in [2.05, 4.69) is 6.58 Å². The summed E-state index contributed by atoms with van der Waals surface area (Å²) in [5.74, 6) is 0. The zero-order valence-electron chi connectivity index (χ0n) is 5.99. The maximum atomic E-state index is 11.5. The molecule has 1 radical (unpaired) electrons. The molecule has 65 valence electrons. The molecule has 0 spiro atoms. The van der Waals surface area contributed by atoms with Gasteiger partial charge in [0, 0.05) is 6.42 Å². The molecule has 0 amide bonds. The Hall–Kier alpha value is -0.293. The Balaban J connectivity index is 3.45. The van der Waals surface area contributed by atoms with Gasteiger partial charge in [-0.15, -0.1) is 6.58 Å². The highest BCUT2D eigenvalue weighted by molar-refractivity contribution is 6.50. The Bertz CT molecular complexity index is 123. The molecule has 11 heavy (non-hydrogen) atoms. The number of allylic oxidation sites excluding steroid dienone is 1. The lowest BCUT2D eigenvalue weighted by Gasteiger charge is -2.07. The quantitative estimate of drug-likeness (QED) is 0.522. The highest BCUT2D eigenvalue weighted by Crippen LogP contribution is 2.22. The van der Waals surface area contributed by atoms with Crippen molar-refractivity contribution in [1.82, 2.24) is 0 Å². The first kappa shape index (κ1) is 10.7. The third-order valence-corrected chi connectivity index (χ3v) is 2.66. The van der Waals surface area contributed by atoms with Gasteiger partial charge in [-0.05, 0) is 12.1 Å². The molecule has 0 aromatic heterocycles. The van der Waals surface area contributed by atoms with Crippen LogP contribution in [0.2, 0.25) is 12.1 Å². The molecule has 0 unspecified atom stereocenters. The fraction of sp³-hybridized carbons (Fsp3) is 0.667. The van der Waals surface area contributed by atoms with Crippen LogP contribution in [0.25, 0.3) is 0 Å². The Morgan fingerprint density at radius 2 is 2.00 bits per heavy atom. The molecule has 0 rings (SSSR count).